The summed E-state index contributed by atoms with van der Waals surface area (Å²) in [5.74, 6) is 1.29. The van der Waals surface area contributed by atoms with Crippen LogP contribution in [0, 0.1) is 19.8 Å². The number of aryl methyl sites for hydroxylation is 2. The van der Waals surface area contributed by atoms with E-state index in [9.17, 15) is 5.11 Å². The van der Waals surface area contributed by atoms with Crippen LogP contribution in [0.25, 0.3) is 0 Å². The summed E-state index contributed by atoms with van der Waals surface area (Å²) >= 11 is 0. The van der Waals surface area contributed by atoms with Gasteiger partial charge in [-0.15, -0.1) is 0 Å². The van der Waals surface area contributed by atoms with Crippen molar-refractivity contribution >= 4 is 0 Å². The minimum Gasteiger partial charge on any atom is -0.491 e. The highest BCUT2D eigenvalue weighted by molar-refractivity contribution is 5.35. The molecular formula is C17H29NO3. The lowest BCUT2D eigenvalue weighted by atomic mass is 10.0. The number of ether oxygens (including phenoxy) is 1. The first-order chi connectivity index (χ1) is 10.1. The predicted octanol–water partition coefficient (Wildman–Crippen LogP) is 2.04. The van der Waals surface area contributed by atoms with Gasteiger partial charge in [-0.1, -0.05) is 31.0 Å². The maximum atomic E-state index is 9.93. The zero-order valence-corrected chi connectivity index (χ0v) is 13.4. The SMILES string of the molecule is CCC(CCO)CNCC(O)COc1ccc(C)cc1C. The number of aliphatic hydroxyl groups is 2. The first-order valence-electron chi connectivity index (χ1n) is 7.76. The van der Waals surface area contributed by atoms with Gasteiger partial charge in [0.25, 0.3) is 0 Å². The summed E-state index contributed by atoms with van der Waals surface area (Å²) in [6.07, 6.45) is 1.30. The van der Waals surface area contributed by atoms with Gasteiger partial charge in [-0.05, 0) is 44.4 Å². The van der Waals surface area contributed by atoms with Crippen LogP contribution < -0.4 is 10.1 Å². The topological polar surface area (TPSA) is 61.7 Å². The molecule has 1 aromatic rings. The van der Waals surface area contributed by atoms with Crippen LogP contribution in [0.3, 0.4) is 0 Å². The second-order valence-electron chi connectivity index (χ2n) is 5.68. The third-order valence-electron chi connectivity index (χ3n) is 3.69. The lowest BCUT2D eigenvalue weighted by Crippen LogP contribution is -2.34. The highest BCUT2D eigenvalue weighted by Gasteiger charge is 2.09. The van der Waals surface area contributed by atoms with Gasteiger partial charge in [0.15, 0.2) is 0 Å². The Morgan fingerprint density at radius 3 is 2.62 bits per heavy atom. The molecule has 0 radical (unpaired) electrons. The van der Waals surface area contributed by atoms with Crippen molar-refractivity contribution < 1.29 is 14.9 Å². The fourth-order valence-corrected chi connectivity index (χ4v) is 2.29. The van der Waals surface area contributed by atoms with E-state index in [1.807, 2.05) is 26.0 Å². The van der Waals surface area contributed by atoms with Gasteiger partial charge in [0.1, 0.15) is 18.5 Å². The molecule has 0 bridgehead atoms. The predicted molar refractivity (Wildman–Crippen MR) is 85.8 cm³/mol. The van der Waals surface area contributed by atoms with Gasteiger partial charge in [0.05, 0.1) is 0 Å². The summed E-state index contributed by atoms with van der Waals surface area (Å²) in [5.41, 5.74) is 2.29. The van der Waals surface area contributed by atoms with Gasteiger partial charge < -0.3 is 20.3 Å². The van der Waals surface area contributed by atoms with Crippen molar-refractivity contribution in [3.8, 4) is 5.75 Å². The van der Waals surface area contributed by atoms with E-state index in [4.69, 9.17) is 9.84 Å². The van der Waals surface area contributed by atoms with E-state index >= 15 is 0 Å². The quantitative estimate of drug-likeness (QED) is 0.618. The molecule has 0 amide bonds. The maximum Gasteiger partial charge on any atom is 0.122 e. The second-order valence-corrected chi connectivity index (χ2v) is 5.68. The Labute approximate surface area is 128 Å². The number of hydrogen-bond acceptors (Lipinski definition) is 4. The largest absolute Gasteiger partial charge is 0.491 e. The molecule has 1 rings (SSSR count). The molecule has 0 saturated carbocycles. The molecule has 0 aromatic heterocycles. The molecule has 0 aliphatic carbocycles. The van der Waals surface area contributed by atoms with Crippen LogP contribution in [0.1, 0.15) is 30.9 Å². The van der Waals surface area contributed by atoms with Crippen LogP contribution in [-0.4, -0.2) is 42.6 Å². The molecule has 2 unspecified atom stereocenters. The molecule has 0 saturated heterocycles. The van der Waals surface area contributed by atoms with Crippen molar-refractivity contribution in [1.82, 2.24) is 5.32 Å². The van der Waals surface area contributed by atoms with E-state index in [1.54, 1.807) is 0 Å². The summed E-state index contributed by atoms with van der Waals surface area (Å²) in [5, 5.41) is 22.1. The zero-order chi connectivity index (χ0) is 15.7. The molecule has 0 aliphatic rings. The molecule has 0 fully saturated rings. The van der Waals surface area contributed by atoms with Crippen LogP contribution in [-0.2, 0) is 0 Å². The van der Waals surface area contributed by atoms with Gasteiger partial charge in [0.2, 0.25) is 0 Å². The minimum atomic E-state index is -0.530. The summed E-state index contributed by atoms with van der Waals surface area (Å²) in [6, 6.07) is 6.02. The average molecular weight is 295 g/mol. The van der Waals surface area contributed by atoms with Crippen molar-refractivity contribution in [1.29, 1.82) is 0 Å². The Balaban J connectivity index is 2.26. The Morgan fingerprint density at radius 2 is 2.00 bits per heavy atom. The molecule has 4 heteroatoms. The Morgan fingerprint density at radius 1 is 1.24 bits per heavy atom. The first-order valence-corrected chi connectivity index (χ1v) is 7.76. The van der Waals surface area contributed by atoms with Crippen LogP contribution in [0.4, 0.5) is 0 Å². The van der Waals surface area contributed by atoms with Crippen LogP contribution >= 0.6 is 0 Å². The molecular weight excluding hydrogens is 266 g/mol. The molecule has 1 aromatic carbocycles. The number of benzene rings is 1. The molecule has 2 atom stereocenters. The maximum absolute atomic E-state index is 9.93. The average Bonchev–Trinajstić information content (AvgIpc) is 2.45. The third-order valence-corrected chi connectivity index (χ3v) is 3.69. The minimum absolute atomic E-state index is 0.221. The Kier molecular flexibility index (Phi) is 8.35. The van der Waals surface area contributed by atoms with Crippen LogP contribution in [0.5, 0.6) is 5.75 Å². The van der Waals surface area contributed by atoms with Gasteiger partial charge >= 0.3 is 0 Å². The molecule has 4 nitrogen and oxygen atoms in total. The summed E-state index contributed by atoms with van der Waals surface area (Å²) in [4.78, 5) is 0. The normalized spacial score (nSPS) is 14.0. The highest BCUT2D eigenvalue weighted by atomic mass is 16.5. The summed E-state index contributed by atoms with van der Waals surface area (Å²) in [7, 11) is 0. The van der Waals surface area contributed by atoms with Crippen molar-refractivity contribution in [3.05, 3.63) is 29.3 Å². The smallest absolute Gasteiger partial charge is 0.122 e. The molecule has 0 spiro atoms. The van der Waals surface area contributed by atoms with Crippen molar-refractivity contribution in [2.75, 3.05) is 26.3 Å². The Bertz CT molecular complexity index is 409. The van der Waals surface area contributed by atoms with Crippen LogP contribution in [0.2, 0.25) is 0 Å². The van der Waals surface area contributed by atoms with E-state index < -0.39 is 6.10 Å². The van der Waals surface area contributed by atoms with Crippen LogP contribution in [0.15, 0.2) is 18.2 Å². The molecule has 0 heterocycles. The molecule has 3 N–H and O–H groups in total. The highest BCUT2D eigenvalue weighted by Crippen LogP contribution is 2.18. The third kappa shape index (κ3) is 6.93. The monoisotopic (exact) mass is 295 g/mol. The first kappa shape index (κ1) is 18.0. The number of hydrogen-bond donors (Lipinski definition) is 3. The summed E-state index contributed by atoms with van der Waals surface area (Å²) in [6.45, 7) is 8.00. The number of nitrogens with one attached hydrogen (secondary N) is 1. The standard InChI is InChI=1S/C17H29NO3/c1-4-15(7-8-19)10-18-11-16(20)12-21-17-6-5-13(2)9-14(17)3/h5-6,9,15-16,18-20H,4,7-8,10-12H2,1-3H3. The zero-order valence-electron chi connectivity index (χ0n) is 13.4. The van der Waals surface area contributed by atoms with E-state index in [0.717, 1.165) is 30.7 Å². The fourth-order valence-electron chi connectivity index (χ4n) is 2.29. The molecule has 120 valence electrons. The van der Waals surface area contributed by atoms with Crippen molar-refractivity contribution in [3.63, 3.8) is 0 Å². The van der Waals surface area contributed by atoms with E-state index in [0.29, 0.717) is 12.5 Å². The molecule has 0 aliphatic heterocycles. The number of aliphatic hydroxyl groups excluding tert-OH is 2. The number of rotatable bonds is 10. The fraction of sp³-hybridized carbons (Fsp3) is 0.647. The van der Waals surface area contributed by atoms with E-state index in [-0.39, 0.29) is 13.2 Å². The van der Waals surface area contributed by atoms with Gasteiger partial charge in [0, 0.05) is 13.2 Å². The second kappa shape index (κ2) is 9.77. The van der Waals surface area contributed by atoms with Gasteiger partial charge in [-0.3, -0.25) is 0 Å². The Hall–Kier alpha value is -1.10. The van der Waals surface area contributed by atoms with E-state index in [1.165, 1.54) is 5.56 Å². The van der Waals surface area contributed by atoms with Gasteiger partial charge in [-0.2, -0.15) is 0 Å². The lowest BCUT2D eigenvalue weighted by molar-refractivity contribution is 0.104. The van der Waals surface area contributed by atoms with E-state index in [2.05, 4.69) is 18.3 Å². The lowest BCUT2D eigenvalue weighted by Gasteiger charge is -2.17. The van der Waals surface area contributed by atoms with Crippen molar-refractivity contribution in [2.45, 2.75) is 39.7 Å². The van der Waals surface area contributed by atoms with Gasteiger partial charge in [-0.25, -0.2) is 0 Å². The summed E-state index contributed by atoms with van der Waals surface area (Å²) < 4.78 is 5.65. The molecule has 21 heavy (non-hydrogen) atoms. The van der Waals surface area contributed by atoms with Crippen molar-refractivity contribution in [2.24, 2.45) is 5.92 Å².